The Bertz CT molecular complexity index is 745. The molecule has 0 N–H and O–H groups in total. The van der Waals surface area contributed by atoms with Crippen LogP contribution in [0, 0.1) is 0 Å². The van der Waals surface area contributed by atoms with Crippen molar-refractivity contribution in [2.75, 3.05) is 0 Å². The summed E-state index contributed by atoms with van der Waals surface area (Å²) < 4.78 is 1.72. The monoisotopic (exact) mass is 277 g/mol. The second-order valence-electron chi connectivity index (χ2n) is 4.87. The maximum atomic E-state index is 11.3. The summed E-state index contributed by atoms with van der Waals surface area (Å²) in [6.45, 7) is 1.56. The third kappa shape index (κ3) is 3.05. The highest BCUT2D eigenvalue weighted by atomic mass is 16.1. The zero-order valence-corrected chi connectivity index (χ0v) is 11.7. The van der Waals surface area contributed by atoms with Crippen LogP contribution in [-0.4, -0.2) is 20.5 Å². The molecule has 0 spiro atoms. The topological polar surface area (TPSA) is 47.8 Å². The molecule has 1 aromatic heterocycles. The lowest BCUT2D eigenvalue weighted by atomic mass is 10.1. The minimum atomic E-state index is 0.0601. The fraction of sp³-hybridized carbons (Fsp3) is 0.118. The van der Waals surface area contributed by atoms with Gasteiger partial charge in [-0.05, 0) is 36.8 Å². The maximum Gasteiger partial charge on any atom is 0.159 e. The number of aromatic nitrogens is 3. The van der Waals surface area contributed by atoms with Crippen molar-refractivity contribution in [2.24, 2.45) is 0 Å². The Morgan fingerprint density at radius 2 is 1.76 bits per heavy atom. The van der Waals surface area contributed by atoms with Crippen LogP contribution in [0.1, 0.15) is 28.7 Å². The lowest BCUT2D eigenvalue weighted by Gasteiger charge is -2.01. The van der Waals surface area contributed by atoms with Crippen LogP contribution in [0.15, 0.2) is 60.9 Å². The number of ketones is 1. The van der Waals surface area contributed by atoms with Crippen LogP contribution in [-0.2, 0) is 6.42 Å². The summed E-state index contributed by atoms with van der Waals surface area (Å²) in [4.78, 5) is 15.6. The number of hydrogen-bond donors (Lipinski definition) is 0. The van der Waals surface area contributed by atoms with E-state index in [-0.39, 0.29) is 5.78 Å². The van der Waals surface area contributed by atoms with Gasteiger partial charge in [0.05, 0.1) is 5.69 Å². The quantitative estimate of drug-likeness (QED) is 0.689. The van der Waals surface area contributed by atoms with E-state index in [0.717, 1.165) is 11.5 Å². The summed E-state index contributed by atoms with van der Waals surface area (Å²) in [6.07, 6.45) is 2.40. The first-order valence-corrected chi connectivity index (χ1v) is 6.78. The predicted octanol–water partition coefficient (Wildman–Crippen LogP) is 3.06. The minimum absolute atomic E-state index is 0.0601. The standard InChI is InChI=1S/C17H15N3O/c1-13(21)15-7-9-16(10-8-15)20-12-18-17(19-20)11-14-5-3-2-4-6-14/h2-10,12H,11H2,1H3. The summed E-state index contributed by atoms with van der Waals surface area (Å²) in [5.74, 6) is 0.835. The molecule has 0 unspecified atom stereocenters. The Balaban J connectivity index is 1.80. The van der Waals surface area contributed by atoms with Gasteiger partial charge in [0, 0.05) is 12.0 Å². The number of hydrogen-bond acceptors (Lipinski definition) is 3. The van der Waals surface area contributed by atoms with E-state index < -0.39 is 0 Å². The SMILES string of the molecule is CC(=O)c1ccc(-n2cnc(Cc3ccccc3)n2)cc1. The van der Waals surface area contributed by atoms with Gasteiger partial charge < -0.3 is 0 Å². The zero-order valence-electron chi connectivity index (χ0n) is 11.7. The lowest BCUT2D eigenvalue weighted by molar-refractivity contribution is 0.101. The summed E-state index contributed by atoms with van der Waals surface area (Å²) >= 11 is 0. The number of carbonyl (C=O) groups is 1. The predicted molar refractivity (Wildman–Crippen MR) is 80.6 cm³/mol. The Morgan fingerprint density at radius 3 is 2.43 bits per heavy atom. The van der Waals surface area contributed by atoms with Crippen molar-refractivity contribution in [3.63, 3.8) is 0 Å². The van der Waals surface area contributed by atoms with Gasteiger partial charge in [-0.15, -0.1) is 0 Å². The molecule has 0 aliphatic carbocycles. The maximum absolute atomic E-state index is 11.3. The van der Waals surface area contributed by atoms with Gasteiger partial charge in [0.1, 0.15) is 6.33 Å². The van der Waals surface area contributed by atoms with Gasteiger partial charge in [-0.25, -0.2) is 9.67 Å². The van der Waals surface area contributed by atoms with Crippen LogP contribution in [0.4, 0.5) is 0 Å². The summed E-state index contributed by atoms with van der Waals surface area (Å²) in [5, 5.41) is 4.47. The molecular formula is C17H15N3O. The van der Waals surface area contributed by atoms with E-state index in [0.29, 0.717) is 12.0 Å². The molecule has 0 radical (unpaired) electrons. The Kier molecular flexibility index (Phi) is 3.60. The van der Waals surface area contributed by atoms with E-state index in [4.69, 9.17) is 0 Å². The molecule has 0 saturated carbocycles. The third-order valence-electron chi connectivity index (χ3n) is 3.28. The van der Waals surface area contributed by atoms with Gasteiger partial charge in [-0.1, -0.05) is 30.3 Å². The van der Waals surface area contributed by atoms with Gasteiger partial charge in [0.25, 0.3) is 0 Å². The van der Waals surface area contributed by atoms with E-state index in [1.54, 1.807) is 30.1 Å². The number of benzene rings is 2. The van der Waals surface area contributed by atoms with E-state index in [1.807, 2.05) is 30.3 Å². The molecule has 1 heterocycles. The second kappa shape index (κ2) is 5.71. The highest BCUT2D eigenvalue weighted by Gasteiger charge is 2.05. The smallest absolute Gasteiger partial charge is 0.159 e. The lowest BCUT2D eigenvalue weighted by Crippen LogP contribution is -1.98. The number of nitrogens with zero attached hydrogens (tertiary/aromatic N) is 3. The zero-order chi connectivity index (χ0) is 14.7. The van der Waals surface area contributed by atoms with Crippen molar-refractivity contribution in [1.29, 1.82) is 0 Å². The Labute approximate surface area is 123 Å². The molecule has 0 atom stereocenters. The minimum Gasteiger partial charge on any atom is -0.295 e. The molecule has 0 aliphatic heterocycles. The van der Waals surface area contributed by atoms with E-state index in [9.17, 15) is 4.79 Å². The van der Waals surface area contributed by atoms with Gasteiger partial charge in [0.15, 0.2) is 11.6 Å². The van der Waals surface area contributed by atoms with E-state index >= 15 is 0 Å². The average molecular weight is 277 g/mol. The van der Waals surface area contributed by atoms with Crippen LogP contribution in [0.25, 0.3) is 5.69 Å². The highest BCUT2D eigenvalue weighted by molar-refractivity contribution is 5.94. The fourth-order valence-electron chi connectivity index (χ4n) is 2.13. The highest BCUT2D eigenvalue weighted by Crippen LogP contribution is 2.11. The summed E-state index contributed by atoms with van der Waals surface area (Å²) in [7, 11) is 0. The molecule has 4 heteroatoms. The molecule has 0 bridgehead atoms. The summed E-state index contributed by atoms with van der Waals surface area (Å²) in [6, 6.07) is 17.5. The molecule has 0 aliphatic rings. The largest absolute Gasteiger partial charge is 0.295 e. The average Bonchev–Trinajstić information content (AvgIpc) is 2.97. The fourth-order valence-corrected chi connectivity index (χ4v) is 2.13. The Hall–Kier alpha value is -2.75. The van der Waals surface area contributed by atoms with Crippen LogP contribution < -0.4 is 0 Å². The first-order chi connectivity index (χ1) is 10.2. The van der Waals surface area contributed by atoms with Crippen molar-refractivity contribution in [1.82, 2.24) is 14.8 Å². The van der Waals surface area contributed by atoms with Crippen LogP contribution in [0.5, 0.6) is 0 Å². The number of rotatable bonds is 4. The normalized spacial score (nSPS) is 10.5. The second-order valence-corrected chi connectivity index (χ2v) is 4.87. The van der Waals surface area contributed by atoms with Crippen LogP contribution >= 0.6 is 0 Å². The molecule has 3 rings (SSSR count). The van der Waals surface area contributed by atoms with Gasteiger partial charge in [0.2, 0.25) is 0 Å². The molecule has 0 saturated heterocycles. The van der Waals surface area contributed by atoms with Gasteiger partial charge in [-0.3, -0.25) is 4.79 Å². The van der Waals surface area contributed by atoms with E-state index in [2.05, 4.69) is 22.2 Å². The first kappa shape index (κ1) is 13.2. The number of carbonyl (C=O) groups excluding carboxylic acids is 1. The van der Waals surface area contributed by atoms with E-state index in [1.165, 1.54) is 5.56 Å². The molecule has 3 aromatic rings. The molecule has 0 fully saturated rings. The molecule has 4 nitrogen and oxygen atoms in total. The van der Waals surface area contributed by atoms with Crippen molar-refractivity contribution in [2.45, 2.75) is 13.3 Å². The van der Waals surface area contributed by atoms with Crippen LogP contribution in [0.2, 0.25) is 0 Å². The van der Waals surface area contributed by atoms with Crippen molar-refractivity contribution in [3.05, 3.63) is 77.9 Å². The summed E-state index contributed by atoms with van der Waals surface area (Å²) in [5.41, 5.74) is 2.78. The van der Waals surface area contributed by atoms with Gasteiger partial charge >= 0.3 is 0 Å². The molecular weight excluding hydrogens is 262 g/mol. The molecule has 104 valence electrons. The number of Topliss-reactive ketones (excluding diaryl/α,β-unsaturated/α-hetero) is 1. The molecule has 2 aromatic carbocycles. The van der Waals surface area contributed by atoms with Crippen molar-refractivity contribution >= 4 is 5.78 Å². The van der Waals surface area contributed by atoms with Crippen molar-refractivity contribution in [3.8, 4) is 5.69 Å². The van der Waals surface area contributed by atoms with Crippen molar-refractivity contribution < 1.29 is 4.79 Å². The molecule has 21 heavy (non-hydrogen) atoms. The van der Waals surface area contributed by atoms with Gasteiger partial charge in [-0.2, -0.15) is 5.10 Å². The third-order valence-corrected chi connectivity index (χ3v) is 3.28. The van der Waals surface area contributed by atoms with Crippen LogP contribution in [0.3, 0.4) is 0 Å². The first-order valence-electron chi connectivity index (χ1n) is 6.78. The Morgan fingerprint density at radius 1 is 1.05 bits per heavy atom. The molecule has 0 amide bonds.